The van der Waals surface area contributed by atoms with Gasteiger partial charge in [0.1, 0.15) is 0 Å². The Bertz CT molecular complexity index is 176. The van der Waals surface area contributed by atoms with E-state index in [-0.39, 0.29) is 0 Å². The quantitative estimate of drug-likeness (QED) is 0.706. The third-order valence-corrected chi connectivity index (χ3v) is 3.46. The highest BCUT2D eigenvalue weighted by atomic mass is 16.5. The minimum atomic E-state index is -0.557. The number of aliphatic hydroxyl groups is 1. The van der Waals surface area contributed by atoms with Crippen LogP contribution in [-0.2, 0) is 4.74 Å². The molecule has 2 unspecified atom stereocenters. The summed E-state index contributed by atoms with van der Waals surface area (Å²) < 4.78 is 5.05. The molecule has 1 aliphatic rings. The van der Waals surface area contributed by atoms with Crippen LogP contribution >= 0.6 is 0 Å². The highest BCUT2D eigenvalue weighted by molar-refractivity contribution is 4.87. The maximum Gasteiger partial charge on any atom is 0.0771 e. The summed E-state index contributed by atoms with van der Waals surface area (Å²) >= 11 is 0. The molecule has 90 valence electrons. The van der Waals surface area contributed by atoms with Crippen LogP contribution in [0, 0.1) is 5.92 Å². The van der Waals surface area contributed by atoms with Crippen LogP contribution in [0.4, 0.5) is 0 Å². The topological polar surface area (TPSA) is 41.5 Å². The first-order chi connectivity index (χ1) is 7.06. The number of nitrogens with one attached hydrogen (secondary N) is 1. The molecule has 0 saturated heterocycles. The Morgan fingerprint density at radius 3 is 2.60 bits per heavy atom. The smallest absolute Gasteiger partial charge is 0.0771 e. The van der Waals surface area contributed by atoms with Gasteiger partial charge in [-0.05, 0) is 32.6 Å². The van der Waals surface area contributed by atoms with Gasteiger partial charge in [-0.15, -0.1) is 0 Å². The molecule has 1 saturated carbocycles. The van der Waals surface area contributed by atoms with Crippen molar-refractivity contribution in [2.75, 3.05) is 20.3 Å². The molecule has 0 radical (unpaired) electrons. The Morgan fingerprint density at radius 1 is 1.47 bits per heavy atom. The van der Waals surface area contributed by atoms with E-state index in [1.54, 1.807) is 7.11 Å². The molecule has 1 fully saturated rings. The van der Waals surface area contributed by atoms with Gasteiger partial charge in [-0.1, -0.05) is 12.8 Å². The molecule has 3 heteroatoms. The summed E-state index contributed by atoms with van der Waals surface area (Å²) in [4.78, 5) is 0. The standard InChI is InChI=1S/C12H25NO2/c1-10(8-15-3)13-9-12(2,14)11-6-4-5-7-11/h10-11,13-14H,4-9H2,1-3H3. The fourth-order valence-corrected chi connectivity index (χ4v) is 2.38. The molecule has 0 aliphatic heterocycles. The van der Waals surface area contributed by atoms with Gasteiger partial charge in [-0.25, -0.2) is 0 Å². The number of rotatable bonds is 6. The molecule has 0 aromatic carbocycles. The van der Waals surface area contributed by atoms with Crippen molar-refractivity contribution in [2.45, 2.75) is 51.2 Å². The van der Waals surface area contributed by atoms with Crippen molar-refractivity contribution < 1.29 is 9.84 Å². The van der Waals surface area contributed by atoms with Gasteiger partial charge in [0, 0.05) is 19.7 Å². The van der Waals surface area contributed by atoms with Gasteiger partial charge in [0.2, 0.25) is 0 Å². The Labute approximate surface area is 93.2 Å². The van der Waals surface area contributed by atoms with Gasteiger partial charge in [0.05, 0.1) is 12.2 Å². The molecule has 0 spiro atoms. The van der Waals surface area contributed by atoms with E-state index in [0.717, 1.165) is 0 Å². The highest BCUT2D eigenvalue weighted by Gasteiger charge is 2.33. The van der Waals surface area contributed by atoms with Gasteiger partial charge in [-0.3, -0.25) is 0 Å². The molecule has 0 bridgehead atoms. The number of hydrogen-bond donors (Lipinski definition) is 2. The first kappa shape index (κ1) is 12.9. The van der Waals surface area contributed by atoms with Crippen LogP contribution in [0.1, 0.15) is 39.5 Å². The molecule has 2 N–H and O–H groups in total. The number of ether oxygens (including phenoxy) is 1. The van der Waals surface area contributed by atoms with E-state index in [4.69, 9.17) is 4.74 Å². The van der Waals surface area contributed by atoms with E-state index in [0.29, 0.717) is 25.1 Å². The summed E-state index contributed by atoms with van der Waals surface area (Å²) in [6, 6.07) is 0.308. The minimum Gasteiger partial charge on any atom is -0.389 e. The lowest BCUT2D eigenvalue weighted by atomic mass is 9.87. The van der Waals surface area contributed by atoms with E-state index in [2.05, 4.69) is 12.2 Å². The second-order valence-corrected chi connectivity index (χ2v) is 5.08. The zero-order chi connectivity index (χ0) is 11.3. The Balaban J connectivity index is 2.28. The third kappa shape index (κ3) is 4.09. The first-order valence-corrected chi connectivity index (χ1v) is 6.01. The summed E-state index contributed by atoms with van der Waals surface area (Å²) in [6.45, 7) is 5.40. The van der Waals surface area contributed by atoms with Crippen LogP contribution in [0.15, 0.2) is 0 Å². The summed E-state index contributed by atoms with van der Waals surface area (Å²) in [6.07, 6.45) is 4.89. The molecule has 0 heterocycles. The molecular weight excluding hydrogens is 190 g/mol. The lowest BCUT2D eigenvalue weighted by Gasteiger charge is -2.31. The molecule has 15 heavy (non-hydrogen) atoms. The number of methoxy groups -OCH3 is 1. The Morgan fingerprint density at radius 2 is 2.07 bits per heavy atom. The second kappa shape index (κ2) is 5.83. The molecule has 2 atom stereocenters. The fraction of sp³-hybridized carbons (Fsp3) is 1.00. The maximum atomic E-state index is 10.3. The summed E-state index contributed by atoms with van der Waals surface area (Å²) in [5.41, 5.74) is -0.557. The van der Waals surface area contributed by atoms with Gasteiger partial charge in [-0.2, -0.15) is 0 Å². The van der Waals surface area contributed by atoms with E-state index in [1.807, 2.05) is 6.92 Å². The Kier molecular flexibility index (Phi) is 5.03. The van der Waals surface area contributed by atoms with Gasteiger partial charge in [0.25, 0.3) is 0 Å². The predicted molar refractivity (Wildman–Crippen MR) is 61.9 cm³/mol. The minimum absolute atomic E-state index is 0.308. The third-order valence-electron chi connectivity index (χ3n) is 3.46. The molecule has 1 rings (SSSR count). The van der Waals surface area contributed by atoms with Gasteiger partial charge in [0.15, 0.2) is 0 Å². The normalized spacial score (nSPS) is 24.0. The zero-order valence-electron chi connectivity index (χ0n) is 10.3. The molecule has 3 nitrogen and oxygen atoms in total. The highest BCUT2D eigenvalue weighted by Crippen LogP contribution is 2.33. The van der Waals surface area contributed by atoms with Crippen LogP contribution < -0.4 is 5.32 Å². The monoisotopic (exact) mass is 215 g/mol. The van der Waals surface area contributed by atoms with Crippen LogP contribution in [-0.4, -0.2) is 37.0 Å². The second-order valence-electron chi connectivity index (χ2n) is 5.08. The Hall–Kier alpha value is -0.120. The average molecular weight is 215 g/mol. The predicted octanol–water partition coefficient (Wildman–Crippen LogP) is 1.55. The van der Waals surface area contributed by atoms with Crippen LogP contribution in [0.5, 0.6) is 0 Å². The van der Waals surface area contributed by atoms with Crippen molar-refractivity contribution in [3.63, 3.8) is 0 Å². The summed E-state index contributed by atoms with van der Waals surface area (Å²) in [5, 5.41) is 13.7. The van der Waals surface area contributed by atoms with Gasteiger partial charge >= 0.3 is 0 Å². The van der Waals surface area contributed by atoms with Crippen LogP contribution in [0.3, 0.4) is 0 Å². The zero-order valence-corrected chi connectivity index (χ0v) is 10.3. The van der Waals surface area contributed by atoms with Crippen molar-refractivity contribution in [1.29, 1.82) is 0 Å². The van der Waals surface area contributed by atoms with Gasteiger partial charge < -0.3 is 15.2 Å². The van der Waals surface area contributed by atoms with Crippen molar-refractivity contribution in [3.8, 4) is 0 Å². The van der Waals surface area contributed by atoms with Crippen LogP contribution in [0.25, 0.3) is 0 Å². The molecule has 0 aromatic heterocycles. The lowest BCUT2D eigenvalue weighted by Crippen LogP contribution is -2.47. The average Bonchev–Trinajstić information content (AvgIpc) is 2.69. The molecule has 1 aliphatic carbocycles. The van der Waals surface area contributed by atoms with Crippen molar-refractivity contribution >= 4 is 0 Å². The number of hydrogen-bond acceptors (Lipinski definition) is 3. The first-order valence-electron chi connectivity index (χ1n) is 6.01. The lowest BCUT2D eigenvalue weighted by molar-refractivity contribution is -0.00155. The molecule has 0 amide bonds. The van der Waals surface area contributed by atoms with Crippen molar-refractivity contribution in [1.82, 2.24) is 5.32 Å². The maximum absolute atomic E-state index is 10.3. The van der Waals surface area contributed by atoms with E-state index in [9.17, 15) is 5.11 Å². The molecular formula is C12H25NO2. The van der Waals surface area contributed by atoms with Crippen LogP contribution in [0.2, 0.25) is 0 Å². The van der Waals surface area contributed by atoms with E-state index < -0.39 is 5.60 Å². The van der Waals surface area contributed by atoms with E-state index >= 15 is 0 Å². The summed E-state index contributed by atoms with van der Waals surface area (Å²) in [5.74, 6) is 0.472. The SMILES string of the molecule is COCC(C)NCC(C)(O)C1CCCC1. The van der Waals surface area contributed by atoms with Crippen molar-refractivity contribution in [2.24, 2.45) is 5.92 Å². The largest absolute Gasteiger partial charge is 0.389 e. The van der Waals surface area contributed by atoms with Crippen molar-refractivity contribution in [3.05, 3.63) is 0 Å². The molecule has 0 aromatic rings. The summed E-state index contributed by atoms with van der Waals surface area (Å²) in [7, 11) is 1.70. The van der Waals surface area contributed by atoms with E-state index in [1.165, 1.54) is 25.7 Å². The fourth-order valence-electron chi connectivity index (χ4n) is 2.38.